The van der Waals surface area contributed by atoms with Crippen LogP contribution in [0.3, 0.4) is 0 Å². The number of likely N-dealkylation sites (tertiary alicyclic amines) is 1. The summed E-state index contributed by atoms with van der Waals surface area (Å²) in [6.07, 6.45) is 1.79. The maximum absolute atomic E-state index is 11.9. The molecule has 1 amide bonds. The van der Waals surface area contributed by atoms with E-state index in [0.717, 1.165) is 24.3 Å². The molecule has 116 valence electrons. The highest BCUT2D eigenvalue weighted by Crippen LogP contribution is 2.17. The highest BCUT2D eigenvalue weighted by atomic mass is 32.1. The topological polar surface area (TPSA) is 58.6 Å². The predicted octanol–water partition coefficient (Wildman–Crippen LogP) is 1.64. The molecule has 1 fully saturated rings. The number of thiophene rings is 1. The van der Waals surface area contributed by atoms with Crippen LogP contribution in [-0.4, -0.2) is 43.0 Å². The summed E-state index contributed by atoms with van der Waals surface area (Å²) in [5.41, 5.74) is 0. The van der Waals surface area contributed by atoms with Crippen molar-refractivity contribution in [2.24, 2.45) is 5.92 Å². The van der Waals surface area contributed by atoms with Gasteiger partial charge < -0.3 is 10.1 Å². The number of hydrogen-bond acceptors (Lipinski definition) is 5. The van der Waals surface area contributed by atoms with Crippen LogP contribution in [-0.2, 0) is 20.9 Å². The van der Waals surface area contributed by atoms with Gasteiger partial charge in [0, 0.05) is 11.4 Å². The summed E-state index contributed by atoms with van der Waals surface area (Å²) < 4.78 is 5.07. The Labute approximate surface area is 129 Å². The summed E-state index contributed by atoms with van der Waals surface area (Å²) in [6, 6.07) is 3.98. The zero-order valence-electron chi connectivity index (χ0n) is 12.3. The van der Waals surface area contributed by atoms with Crippen molar-refractivity contribution < 1.29 is 14.3 Å². The van der Waals surface area contributed by atoms with Crippen LogP contribution in [0.15, 0.2) is 17.5 Å². The van der Waals surface area contributed by atoms with Crippen molar-refractivity contribution in [1.82, 2.24) is 10.2 Å². The lowest BCUT2D eigenvalue weighted by molar-refractivity contribution is -0.150. The molecule has 0 saturated carbocycles. The molecule has 1 aromatic heterocycles. The van der Waals surface area contributed by atoms with Crippen molar-refractivity contribution in [2.75, 3.05) is 26.2 Å². The summed E-state index contributed by atoms with van der Waals surface area (Å²) in [4.78, 5) is 26.9. The van der Waals surface area contributed by atoms with E-state index in [1.165, 1.54) is 0 Å². The lowest BCUT2D eigenvalue weighted by atomic mass is 9.98. The van der Waals surface area contributed by atoms with Gasteiger partial charge in [0.25, 0.3) is 0 Å². The van der Waals surface area contributed by atoms with Gasteiger partial charge in [0.1, 0.15) is 0 Å². The molecule has 2 heterocycles. The molecule has 1 saturated heterocycles. The Morgan fingerprint density at radius 3 is 3.10 bits per heavy atom. The minimum atomic E-state index is -0.138. The Hall–Kier alpha value is -1.40. The van der Waals surface area contributed by atoms with Crippen LogP contribution < -0.4 is 5.32 Å². The van der Waals surface area contributed by atoms with Crippen molar-refractivity contribution in [2.45, 2.75) is 26.3 Å². The number of piperidine rings is 1. The average Bonchev–Trinajstić information content (AvgIpc) is 2.99. The quantitative estimate of drug-likeness (QED) is 0.812. The number of nitrogens with zero attached hydrogens (tertiary/aromatic N) is 1. The van der Waals surface area contributed by atoms with Gasteiger partial charge in [0.05, 0.1) is 25.6 Å². The first-order valence-corrected chi connectivity index (χ1v) is 8.25. The lowest BCUT2D eigenvalue weighted by Crippen LogP contribution is -2.44. The Balaban J connectivity index is 1.74. The summed E-state index contributed by atoms with van der Waals surface area (Å²) in [5.74, 6) is -0.224. The molecule has 6 heteroatoms. The number of esters is 1. The molecule has 1 atom stereocenters. The second-order valence-corrected chi connectivity index (χ2v) is 6.21. The van der Waals surface area contributed by atoms with E-state index in [4.69, 9.17) is 4.74 Å². The third kappa shape index (κ3) is 5.13. The molecule has 21 heavy (non-hydrogen) atoms. The lowest BCUT2D eigenvalue weighted by Gasteiger charge is -2.30. The Kier molecular flexibility index (Phi) is 6.20. The number of ether oxygens (including phenoxy) is 1. The summed E-state index contributed by atoms with van der Waals surface area (Å²) in [6.45, 7) is 4.63. The smallest absolute Gasteiger partial charge is 0.310 e. The molecule has 0 aromatic carbocycles. The fourth-order valence-corrected chi connectivity index (χ4v) is 3.15. The van der Waals surface area contributed by atoms with Crippen molar-refractivity contribution >= 4 is 23.2 Å². The van der Waals surface area contributed by atoms with Crippen LogP contribution in [0.1, 0.15) is 24.6 Å². The molecule has 0 unspecified atom stereocenters. The van der Waals surface area contributed by atoms with Crippen LogP contribution in [0.25, 0.3) is 0 Å². The standard InChI is InChI=1S/C15H22N2O3S/c1-2-20-15(19)12-5-3-7-17(10-12)11-14(18)16-9-13-6-4-8-21-13/h4,6,8,12H,2-3,5,7,9-11H2,1H3,(H,16,18)/t12-/m0/s1. The van der Waals surface area contributed by atoms with Gasteiger partial charge in [0.15, 0.2) is 0 Å². The van der Waals surface area contributed by atoms with E-state index in [1.807, 2.05) is 29.3 Å². The van der Waals surface area contributed by atoms with E-state index < -0.39 is 0 Å². The van der Waals surface area contributed by atoms with Crippen LogP contribution in [0.2, 0.25) is 0 Å². The van der Waals surface area contributed by atoms with E-state index in [9.17, 15) is 9.59 Å². The average molecular weight is 310 g/mol. The highest BCUT2D eigenvalue weighted by Gasteiger charge is 2.27. The third-order valence-corrected chi connectivity index (χ3v) is 4.41. The van der Waals surface area contributed by atoms with Crippen molar-refractivity contribution in [3.05, 3.63) is 22.4 Å². The van der Waals surface area contributed by atoms with Crippen molar-refractivity contribution in [1.29, 1.82) is 0 Å². The second-order valence-electron chi connectivity index (χ2n) is 5.18. The normalized spacial score (nSPS) is 19.2. The fourth-order valence-electron chi connectivity index (χ4n) is 2.51. The van der Waals surface area contributed by atoms with Gasteiger partial charge in [-0.2, -0.15) is 0 Å². The van der Waals surface area contributed by atoms with Gasteiger partial charge >= 0.3 is 5.97 Å². The van der Waals surface area contributed by atoms with E-state index in [0.29, 0.717) is 26.2 Å². The van der Waals surface area contributed by atoms with E-state index in [-0.39, 0.29) is 17.8 Å². The summed E-state index contributed by atoms with van der Waals surface area (Å²) in [7, 11) is 0. The Morgan fingerprint density at radius 1 is 1.52 bits per heavy atom. The van der Waals surface area contributed by atoms with E-state index >= 15 is 0 Å². The van der Waals surface area contributed by atoms with Crippen molar-refractivity contribution in [3.63, 3.8) is 0 Å². The first-order chi connectivity index (χ1) is 10.2. The monoisotopic (exact) mass is 310 g/mol. The van der Waals surface area contributed by atoms with E-state index in [1.54, 1.807) is 11.3 Å². The number of rotatable bonds is 6. The van der Waals surface area contributed by atoms with Gasteiger partial charge in [-0.25, -0.2) is 0 Å². The predicted molar refractivity (Wildman–Crippen MR) is 82.0 cm³/mol. The molecule has 0 radical (unpaired) electrons. The molecule has 0 spiro atoms. The molecule has 2 rings (SSSR count). The molecule has 0 bridgehead atoms. The number of nitrogens with one attached hydrogen (secondary N) is 1. The van der Waals surface area contributed by atoms with Gasteiger partial charge in [-0.1, -0.05) is 6.07 Å². The fraction of sp³-hybridized carbons (Fsp3) is 0.600. The highest BCUT2D eigenvalue weighted by molar-refractivity contribution is 7.09. The first-order valence-electron chi connectivity index (χ1n) is 7.37. The van der Waals surface area contributed by atoms with Gasteiger partial charge in [0.2, 0.25) is 5.91 Å². The summed E-state index contributed by atoms with van der Waals surface area (Å²) >= 11 is 1.63. The molecular formula is C15H22N2O3S. The number of hydrogen-bond donors (Lipinski definition) is 1. The molecule has 1 aromatic rings. The largest absolute Gasteiger partial charge is 0.466 e. The Morgan fingerprint density at radius 2 is 2.38 bits per heavy atom. The molecule has 1 aliphatic rings. The van der Waals surface area contributed by atoms with Crippen LogP contribution in [0.5, 0.6) is 0 Å². The SMILES string of the molecule is CCOC(=O)[C@H]1CCCN(CC(=O)NCc2cccs2)C1. The maximum Gasteiger partial charge on any atom is 0.310 e. The van der Waals surface area contributed by atoms with Crippen LogP contribution in [0, 0.1) is 5.92 Å². The molecular weight excluding hydrogens is 288 g/mol. The summed E-state index contributed by atoms with van der Waals surface area (Å²) in [5, 5.41) is 4.91. The molecule has 0 aliphatic carbocycles. The molecule has 1 N–H and O–H groups in total. The minimum absolute atomic E-state index is 0.00732. The van der Waals surface area contributed by atoms with Gasteiger partial charge in [-0.15, -0.1) is 11.3 Å². The van der Waals surface area contributed by atoms with Gasteiger partial charge in [-0.05, 0) is 37.8 Å². The number of carbonyl (C=O) groups excluding carboxylic acids is 2. The number of amides is 1. The number of carbonyl (C=O) groups is 2. The minimum Gasteiger partial charge on any atom is -0.466 e. The Bertz CT molecular complexity index is 461. The zero-order chi connectivity index (χ0) is 15.1. The molecule has 1 aliphatic heterocycles. The first kappa shape index (κ1) is 16.0. The van der Waals surface area contributed by atoms with Gasteiger partial charge in [-0.3, -0.25) is 14.5 Å². The third-order valence-electron chi connectivity index (χ3n) is 3.53. The van der Waals surface area contributed by atoms with Crippen LogP contribution in [0.4, 0.5) is 0 Å². The van der Waals surface area contributed by atoms with Crippen LogP contribution >= 0.6 is 11.3 Å². The maximum atomic E-state index is 11.9. The second kappa shape index (κ2) is 8.14. The molecule has 5 nitrogen and oxygen atoms in total. The van der Waals surface area contributed by atoms with Crippen molar-refractivity contribution in [3.8, 4) is 0 Å². The van der Waals surface area contributed by atoms with E-state index in [2.05, 4.69) is 5.32 Å². The zero-order valence-corrected chi connectivity index (χ0v) is 13.2.